The Morgan fingerprint density at radius 2 is 2.13 bits per heavy atom. The summed E-state index contributed by atoms with van der Waals surface area (Å²) in [5.41, 5.74) is 0. The van der Waals surface area contributed by atoms with Crippen LogP contribution in [0, 0.1) is 0 Å². The van der Waals surface area contributed by atoms with Crippen molar-refractivity contribution in [2.45, 2.75) is 0 Å². The van der Waals surface area contributed by atoms with Crippen molar-refractivity contribution in [1.82, 2.24) is 0 Å². The lowest BCUT2D eigenvalue weighted by molar-refractivity contribution is -0.867. The van der Waals surface area contributed by atoms with E-state index in [0.717, 1.165) is 21.7 Å². The molecule has 1 aromatic rings. The summed E-state index contributed by atoms with van der Waals surface area (Å²) in [5.74, 6) is 0.889. The Kier molecular flexibility index (Phi) is 7.07. The minimum Gasteiger partial charge on any atom is -1.00 e. The molecular weight excluding hydrogens is 341 g/mol. The van der Waals surface area contributed by atoms with Gasteiger partial charge in [0, 0.05) is 0 Å². The van der Waals surface area contributed by atoms with Crippen LogP contribution in [0.3, 0.4) is 0 Å². The normalized spacial score (nSPS) is 10.9. The standard InChI is InChI=1S/C10H16NOS2.HI/c1-11(2,3)6-8-14-10(12)9-5-4-7-13-9;/h4-5,7H,6,8H2,1-3H3;1H/q+1;/p-1. The molecule has 0 atom stereocenters. The van der Waals surface area contributed by atoms with Crippen molar-refractivity contribution in [3.05, 3.63) is 22.4 Å². The van der Waals surface area contributed by atoms with Crippen LogP contribution < -0.4 is 24.0 Å². The number of halogens is 1. The SMILES string of the molecule is C[N+](C)(C)CCSC(=O)c1cccs1.[I-]. The lowest BCUT2D eigenvalue weighted by Crippen LogP contribution is -3.00. The van der Waals surface area contributed by atoms with Gasteiger partial charge in [0.15, 0.2) is 0 Å². The van der Waals surface area contributed by atoms with Crippen molar-refractivity contribution in [2.24, 2.45) is 0 Å². The quantitative estimate of drug-likeness (QED) is 0.526. The molecule has 5 heteroatoms. The Bertz CT molecular complexity index is 293. The molecule has 1 heterocycles. The zero-order chi connectivity index (χ0) is 10.6. The molecule has 0 saturated heterocycles. The van der Waals surface area contributed by atoms with Crippen molar-refractivity contribution in [2.75, 3.05) is 33.4 Å². The second-order valence-corrected chi connectivity index (χ2v) is 6.14. The summed E-state index contributed by atoms with van der Waals surface area (Å²) in [7, 11) is 6.41. The Balaban J connectivity index is 0.00000196. The Labute approximate surface area is 117 Å². The molecule has 0 aliphatic heterocycles. The smallest absolute Gasteiger partial charge is 0.229 e. The van der Waals surface area contributed by atoms with E-state index < -0.39 is 0 Å². The summed E-state index contributed by atoms with van der Waals surface area (Å²) in [4.78, 5) is 12.4. The summed E-state index contributed by atoms with van der Waals surface area (Å²) in [6.45, 7) is 1.02. The van der Waals surface area contributed by atoms with Crippen LogP contribution >= 0.6 is 23.1 Å². The molecule has 0 N–H and O–H groups in total. The van der Waals surface area contributed by atoms with Crippen molar-refractivity contribution in [3.8, 4) is 0 Å². The largest absolute Gasteiger partial charge is 1.00 e. The monoisotopic (exact) mass is 357 g/mol. The van der Waals surface area contributed by atoms with E-state index in [-0.39, 0.29) is 29.1 Å². The number of hydrogen-bond donors (Lipinski definition) is 0. The average Bonchev–Trinajstić information content (AvgIpc) is 2.53. The van der Waals surface area contributed by atoms with Crippen LogP contribution in [0.1, 0.15) is 9.67 Å². The van der Waals surface area contributed by atoms with Gasteiger partial charge >= 0.3 is 0 Å². The Morgan fingerprint density at radius 1 is 1.47 bits per heavy atom. The van der Waals surface area contributed by atoms with Gasteiger partial charge in [-0.15, -0.1) is 11.3 Å². The van der Waals surface area contributed by atoms with E-state index in [4.69, 9.17) is 0 Å². The van der Waals surface area contributed by atoms with E-state index in [1.54, 1.807) is 0 Å². The van der Waals surface area contributed by atoms with Crippen LogP contribution in [-0.4, -0.2) is 43.0 Å². The highest BCUT2D eigenvalue weighted by atomic mass is 127. The fourth-order valence-corrected chi connectivity index (χ4v) is 2.79. The van der Waals surface area contributed by atoms with Crippen LogP contribution in [0.4, 0.5) is 0 Å². The Hall–Kier alpha value is 0.410. The Morgan fingerprint density at radius 3 is 2.60 bits per heavy atom. The lowest BCUT2D eigenvalue weighted by Gasteiger charge is -2.23. The summed E-state index contributed by atoms with van der Waals surface area (Å²) in [5, 5.41) is 2.14. The van der Waals surface area contributed by atoms with Crippen LogP contribution in [0.5, 0.6) is 0 Å². The van der Waals surface area contributed by atoms with Crippen molar-refractivity contribution in [1.29, 1.82) is 0 Å². The van der Waals surface area contributed by atoms with Crippen molar-refractivity contribution in [3.63, 3.8) is 0 Å². The van der Waals surface area contributed by atoms with Gasteiger partial charge in [-0.05, 0) is 11.4 Å². The van der Waals surface area contributed by atoms with Crippen LogP contribution in [0.25, 0.3) is 0 Å². The molecule has 0 aliphatic rings. The van der Waals surface area contributed by atoms with Crippen molar-refractivity contribution >= 4 is 28.2 Å². The number of quaternary nitrogens is 1. The third kappa shape index (κ3) is 6.55. The maximum absolute atomic E-state index is 11.6. The minimum absolute atomic E-state index is 0. The molecule has 15 heavy (non-hydrogen) atoms. The van der Waals surface area contributed by atoms with E-state index in [0.29, 0.717) is 0 Å². The van der Waals surface area contributed by atoms with E-state index in [1.807, 2.05) is 17.5 Å². The first kappa shape index (κ1) is 15.4. The fraction of sp³-hybridized carbons (Fsp3) is 0.500. The number of nitrogens with zero attached hydrogens (tertiary/aromatic N) is 1. The van der Waals surface area contributed by atoms with E-state index in [2.05, 4.69) is 21.1 Å². The molecule has 0 radical (unpaired) electrons. The molecule has 0 fully saturated rings. The van der Waals surface area contributed by atoms with Crippen LogP contribution in [0.2, 0.25) is 0 Å². The van der Waals surface area contributed by atoms with E-state index in [9.17, 15) is 4.79 Å². The molecule has 0 unspecified atom stereocenters. The molecule has 0 aliphatic carbocycles. The minimum atomic E-state index is 0. The van der Waals surface area contributed by atoms with Gasteiger partial charge in [-0.3, -0.25) is 4.79 Å². The van der Waals surface area contributed by atoms with Crippen LogP contribution in [-0.2, 0) is 0 Å². The third-order valence-electron chi connectivity index (χ3n) is 1.72. The van der Waals surface area contributed by atoms with Gasteiger partial charge in [0.05, 0.1) is 38.3 Å². The van der Waals surface area contributed by atoms with Crippen molar-refractivity contribution < 1.29 is 33.3 Å². The number of hydrogen-bond acceptors (Lipinski definition) is 3. The van der Waals surface area contributed by atoms with Gasteiger partial charge in [0.25, 0.3) is 0 Å². The van der Waals surface area contributed by atoms with Gasteiger partial charge < -0.3 is 28.5 Å². The van der Waals surface area contributed by atoms with E-state index >= 15 is 0 Å². The van der Waals surface area contributed by atoms with Gasteiger partial charge in [-0.1, -0.05) is 17.8 Å². The second-order valence-electron chi connectivity index (χ2n) is 4.13. The van der Waals surface area contributed by atoms with Gasteiger partial charge in [-0.2, -0.15) is 0 Å². The molecule has 1 aromatic heterocycles. The molecule has 0 aromatic carbocycles. The number of carbonyl (C=O) groups excluding carboxylic acids is 1. The number of thiophene rings is 1. The maximum atomic E-state index is 11.6. The molecule has 0 spiro atoms. The molecular formula is C10H16INOS2. The van der Waals surface area contributed by atoms with Crippen LogP contribution in [0.15, 0.2) is 17.5 Å². The average molecular weight is 357 g/mol. The number of rotatable bonds is 4. The lowest BCUT2D eigenvalue weighted by atomic mass is 10.5. The number of carbonyl (C=O) groups is 1. The molecule has 0 amide bonds. The zero-order valence-corrected chi connectivity index (χ0v) is 13.0. The molecule has 0 saturated carbocycles. The predicted octanol–water partition coefficient (Wildman–Crippen LogP) is -0.668. The van der Waals surface area contributed by atoms with Gasteiger partial charge in [-0.25, -0.2) is 0 Å². The molecule has 86 valence electrons. The second kappa shape index (κ2) is 6.88. The third-order valence-corrected chi connectivity index (χ3v) is 3.58. The number of thioether (sulfide) groups is 1. The first-order chi connectivity index (χ1) is 6.49. The zero-order valence-electron chi connectivity index (χ0n) is 9.20. The summed E-state index contributed by atoms with van der Waals surface area (Å²) in [6.07, 6.45) is 0. The van der Waals surface area contributed by atoms with E-state index in [1.165, 1.54) is 23.1 Å². The summed E-state index contributed by atoms with van der Waals surface area (Å²) in [6, 6.07) is 3.80. The molecule has 1 rings (SSSR count). The highest BCUT2D eigenvalue weighted by molar-refractivity contribution is 8.14. The highest BCUT2D eigenvalue weighted by Gasteiger charge is 2.11. The van der Waals surface area contributed by atoms with Gasteiger partial charge in [0.1, 0.15) is 0 Å². The molecule has 2 nitrogen and oxygen atoms in total. The highest BCUT2D eigenvalue weighted by Crippen LogP contribution is 2.17. The fourth-order valence-electron chi connectivity index (χ4n) is 0.878. The summed E-state index contributed by atoms with van der Waals surface area (Å²) >= 11 is 2.93. The topological polar surface area (TPSA) is 17.1 Å². The first-order valence-corrected chi connectivity index (χ1v) is 6.37. The maximum Gasteiger partial charge on any atom is 0.229 e. The molecule has 0 bridgehead atoms. The predicted molar refractivity (Wildman–Crippen MR) is 64.0 cm³/mol. The van der Waals surface area contributed by atoms with Gasteiger partial charge in [0.2, 0.25) is 5.12 Å². The summed E-state index contributed by atoms with van der Waals surface area (Å²) < 4.78 is 0.907. The first-order valence-electron chi connectivity index (χ1n) is 4.50.